The van der Waals surface area contributed by atoms with E-state index < -0.39 is 37.3 Å². The van der Waals surface area contributed by atoms with Gasteiger partial charge in [-0.3, -0.25) is 19.8 Å². The lowest BCUT2D eigenvalue weighted by Gasteiger charge is -2.32. The fourth-order valence-electron chi connectivity index (χ4n) is 9.08. The van der Waals surface area contributed by atoms with Crippen LogP contribution >= 0.6 is 108 Å². The summed E-state index contributed by atoms with van der Waals surface area (Å²) in [7, 11) is -9.08. The molecule has 0 bridgehead atoms. The Morgan fingerprint density at radius 2 is 0.939 bits per heavy atom. The number of aryl methyl sites for hydroxylation is 2. The fourth-order valence-corrected chi connectivity index (χ4v) is 13.8. The Balaban J connectivity index is 0.000000224. The molecule has 0 saturated carbocycles. The largest absolute Gasteiger partial charge is 0.508 e. The quantitative estimate of drug-likeness (QED) is 0.0322. The standard InChI is InChI=1S/C22H23N4O2P.C14H22BO3P.C14H13IN4O.C8H10BrOP.C6H4Br2.C5H12O2P.C2H6OP/c1-13-14(2)25-26-21(13)20(27)10-15-9-17-11-19(24-22(17)23-12-15)16-5-7-18(8-6-16)29(3,4)28;1-13(2)14(3,4)18-15(17-13)11-7-9-12(10-8-11)19(5,6)16;1-7-8(2)18-19-13(7)11(20)4-9-3-10-5-12(15)17-14(10)16-6-9;1-11(2,10)8-5-3-7(9)4-6-8;7-5-1-2-6(8)4-3-5;1-3-5-8(6)7-4-2;1-4(2)3/h5-9,11-12H,10H2,1-4H3,(H,23,24)(H,25,26);7-10H,1-6H3;3,5-6H,4H2,1-2H3,(H,16,17)(H,18,19);3-6H,1-2H3;1-4H;3-5H2,1-2H3;1-2H3/q;;;;;2*+1. The number of benzene rings is 4. The van der Waals surface area contributed by atoms with Crippen LogP contribution in [0.15, 0.2) is 147 Å². The topological polar surface area (TPSA) is 262 Å². The number of fused-ring (bicyclic) bond motifs is 2. The van der Waals surface area contributed by atoms with E-state index in [-0.39, 0.29) is 36.3 Å². The lowest BCUT2D eigenvalue weighted by atomic mass is 9.79. The molecule has 11 rings (SSSR count). The van der Waals surface area contributed by atoms with Crippen LogP contribution in [0.2, 0.25) is 0 Å². The Labute approximate surface area is 624 Å². The van der Waals surface area contributed by atoms with E-state index in [4.69, 9.17) is 13.8 Å². The molecule has 4 N–H and O–H groups in total. The second-order valence-corrected chi connectivity index (χ2v) is 42.2. The second-order valence-electron chi connectivity index (χ2n) is 25.7. The summed E-state index contributed by atoms with van der Waals surface area (Å²) in [5.74, 6) is -0.0128. The smallest absolute Gasteiger partial charge is 0.399 e. The molecule has 0 amide bonds. The number of pyridine rings is 2. The summed E-state index contributed by atoms with van der Waals surface area (Å²) in [6.45, 7) is 34.1. The molecule has 10 aromatic rings. The van der Waals surface area contributed by atoms with Gasteiger partial charge in [-0.05, 0) is 219 Å². The number of Topliss-reactive ketones (excluding diaryl/α,β-unsaturated/α-hetero) is 2. The van der Waals surface area contributed by atoms with Gasteiger partial charge in [0, 0.05) is 93.5 Å². The van der Waals surface area contributed by atoms with E-state index in [2.05, 4.69) is 111 Å². The van der Waals surface area contributed by atoms with Gasteiger partial charge in [-0.15, -0.1) is 4.52 Å². The van der Waals surface area contributed by atoms with E-state index in [9.17, 15) is 32.4 Å². The van der Waals surface area contributed by atoms with Crippen LogP contribution in [-0.4, -0.2) is 136 Å². The summed E-state index contributed by atoms with van der Waals surface area (Å²) in [5.41, 5.74) is 10.3. The van der Waals surface area contributed by atoms with Crippen molar-refractivity contribution in [1.82, 2.24) is 40.3 Å². The van der Waals surface area contributed by atoms with Gasteiger partial charge >= 0.3 is 22.9 Å². The molecule has 18 nitrogen and oxygen atoms in total. The summed E-state index contributed by atoms with van der Waals surface area (Å²) in [5, 5.41) is 18.5. The van der Waals surface area contributed by atoms with Crippen molar-refractivity contribution in [3.63, 3.8) is 0 Å². The number of H-pyrrole nitrogens is 4. The van der Waals surface area contributed by atoms with Crippen LogP contribution in [0.3, 0.4) is 0 Å². The van der Waals surface area contributed by atoms with Crippen LogP contribution in [0.1, 0.15) is 103 Å². The molecule has 1 saturated heterocycles. The Hall–Kier alpha value is -4.98. The molecule has 528 valence electrons. The molecule has 1 aliphatic heterocycles. The Bertz CT molecular complexity index is 4480. The number of rotatable bonds is 15. The lowest BCUT2D eigenvalue weighted by Crippen LogP contribution is -2.41. The zero-order valence-corrected chi connectivity index (χ0v) is 70.8. The number of carbonyl (C=O) groups excluding carboxylic acids is 2. The molecule has 7 heterocycles. The van der Waals surface area contributed by atoms with E-state index >= 15 is 0 Å². The molecule has 28 heteroatoms. The predicted octanol–water partition coefficient (Wildman–Crippen LogP) is 18.6. The third-order valence-electron chi connectivity index (χ3n) is 15.6. The Morgan fingerprint density at radius 3 is 1.30 bits per heavy atom. The van der Waals surface area contributed by atoms with Crippen LogP contribution in [0, 0.1) is 31.4 Å². The number of hydrogen-bond acceptors (Lipinski definition) is 14. The van der Waals surface area contributed by atoms with Crippen molar-refractivity contribution in [2.75, 3.05) is 66.1 Å². The second kappa shape index (κ2) is 38.0. The van der Waals surface area contributed by atoms with Crippen molar-refractivity contribution in [3.05, 3.63) is 196 Å². The van der Waals surface area contributed by atoms with E-state index in [1.807, 2.05) is 191 Å². The highest BCUT2D eigenvalue weighted by atomic mass is 127. The van der Waals surface area contributed by atoms with Crippen LogP contribution in [-0.2, 0) is 49.5 Å². The van der Waals surface area contributed by atoms with Crippen molar-refractivity contribution in [2.45, 2.75) is 99.7 Å². The van der Waals surface area contributed by atoms with Gasteiger partial charge in [-0.2, -0.15) is 10.2 Å². The molecule has 0 spiro atoms. The molecule has 99 heavy (non-hydrogen) atoms. The van der Waals surface area contributed by atoms with E-state index in [1.54, 1.807) is 65.7 Å². The van der Waals surface area contributed by atoms with Crippen molar-refractivity contribution in [3.8, 4) is 11.3 Å². The number of nitrogens with one attached hydrogen (secondary N) is 4. The van der Waals surface area contributed by atoms with Gasteiger partial charge in [-0.1, -0.05) is 120 Å². The summed E-state index contributed by atoms with van der Waals surface area (Å²) in [4.78, 5) is 40.1. The van der Waals surface area contributed by atoms with Gasteiger partial charge in [0.15, 0.2) is 17.7 Å². The number of aromatic amines is 4. The van der Waals surface area contributed by atoms with Gasteiger partial charge in [0.2, 0.25) is 0 Å². The molecule has 1 atom stereocenters. The van der Waals surface area contributed by atoms with E-state index in [0.29, 0.717) is 30.6 Å². The molecular weight excluding hydrogens is 1660 g/mol. The SMILES string of the molecule is Brc1ccc(Br)cc1.CC1(C)OB(c2ccc(P(C)(C)=O)cc2)OC1(C)C.CCC[P+](=O)OCC.CP(C)(=O)c1ccc(Br)cc1.C[P+](C)=O.Cc1[nH]nc(C(=O)Cc2cnc3[nH]c(-c4ccc(P(C)(C)=O)cc4)cc3c2)c1C.Cc1[nH]nc(C(=O)Cc2cnc3[nH]c(I)cc3c2)c1C. The first kappa shape index (κ1) is 84.7. The maximum atomic E-state index is 12.6. The zero-order valence-electron chi connectivity index (χ0n) is 59.4. The van der Waals surface area contributed by atoms with Gasteiger partial charge in [0.05, 0.1) is 21.5 Å². The van der Waals surface area contributed by atoms with Crippen molar-refractivity contribution in [1.29, 1.82) is 0 Å². The molecular formula is C71H90BBr3IN8O10P5+2. The maximum absolute atomic E-state index is 12.6. The number of hydrogen-bond donors (Lipinski definition) is 4. The number of aromatic nitrogens is 8. The molecule has 6 aromatic heterocycles. The highest BCUT2D eigenvalue weighted by Crippen LogP contribution is 2.39. The molecule has 1 aliphatic rings. The lowest BCUT2D eigenvalue weighted by molar-refractivity contribution is 0.00578. The highest BCUT2D eigenvalue weighted by Gasteiger charge is 2.51. The molecule has 4 aromatic carbocycles. The maximum Gasteiger partial charge on any atom is 0.508 e. The molecule has 0 radical (unpaired) electrons. The van der Waals surface area contributed by atoms with Crippen molar-refractivity contribution in [2.24, 2.45) is 0 Å². The number of halogens is 4. The zero-order chi connectivity index (χ0) is 74.0. The monoisotopic (exact) mass is 1740 g/mol. The first-order valence-corrected chi connectivity index (χ1v) is 46.4. The average Bonchev–Trinajstić information content (AvgIpc) is 1.63. The Morgan fingerprint density at radius 1 is 0.576 bits per heavy atom. The number of ketones is 2. The summed E-state index contributed by atoms with van der Waals surface area (Å²) < 4.78 is 76.9. The summed E-state index contributed by atoms with van der Waals surface area (Å²) in [6, 6.07) is 39.0. The predicted molar refractivity (Wildman–Crippen MR) is 432 cm³/mol. The van der Waals surface area contributed by atoms with Gasteiger partial charge in [0.1, 0.15) is 57.4 Å². The average molecular weight is 1750 g/mol. The first-order chi connectivity index (χ1) is 46.1. The van der Waals surface area contributed by atoms with Crippen molar-refractivity contribution < 1.29 is 46.2 Å². The molecule has 0 aliphatic carbocycles. The molecule has 1 unspecified atom stereocenters. The summed E-state index contributed by atoms with van der Waals surface area (Å²) >= 11 is 12.2. The number of nitrogens with zero attached hydrogens (tertiary/aromatic N) is 4. The van der Waals surface area contributed by atoms with Crippen LogP contribution in [0.4, 0.5) is 0 Å². The van der Waals surface area contributed by atoms with Gasteiger partial charge in [0.25, 0.3) is 0 Å². The van der Waals surface area contributed by atoms with Crippen LogP contribution < -0.4 is 21.4 Å². The van der Waals surface area contributed by atoms with Gasteiger partial charge in [-0.25, -0.2) is 9.97 Å². The van der Waals surface area contributed by atoms with Crippen LogP contribution in [0.5, 0.6) is 0 Å². The molecule has 1 fully saturated rings. The third-order valence-corrected chi connectivity index (χ3v) is 23.7. The first-order valence-electron chi connectivity index (χ1n) is 31.6. The Kier molecular flexibility index (Phi) is 32.5. The minimum Gasteiger partial charge on any atom is -0.399 e. The summed E-state index contributed by atoms with van der Waals surface area (Å²) in [6.07, 6.45) is 5.67. The third kappa shape index (κ3) is 26.7. The normalized spacial score (nSPS) is 13.1. The minimum absolute atomic E-state index is 0.0123. The number of carbonyl (C=O) groups is 2. The van der Waals surface area contributed by atoms with Crippen molar-refractivity contribution >= 4 is 170 Å². The van der Waals surface area contributed by atoms with E-state index in [1.165, 1.54) is 0 Å². The fraction of sp³-hybridized carbons (Fsp3) is 0.352. The minimum atomic E-state index is -2.27. The highest BCUT2D eigenvalue weighted by molar-refractivity contribution is 14.1. The van der Waals surface area contributed by atoms with Gasteiger partial charge < -0.3 is 33.0 Å². The van der Waals surface area contributed by atoms with E-state index in [0.717, 1.165) is 112 Å². The van der Waals surface area contributed by atoms with Crippen LogP contribution in [0.25, 0.3) is 33.3 Å².